The minimum absolute atomic E-state index is 0.0341. The van der Waals surface area contributed by atoms with Gasteiger partial charge in [-0.15, -0.1) is 0 Å². The highest BCUT2D eigenvalue weighted by Crippen LogP contribution is 2.29. The van der Waals surface area contributed by atoms with Crippen LogP contribution in [0.4, 0.5) is 11.5 Å². The topological polar surface area (TPSA) is 91.3 Å². The smallest absolute Gasteiger partial charge is 0.332 e. The fraction of sp³-hybridized carbons (Fsp3) is 0.714. The Morgan fingerprint density at radius 3 is 2.67 bits per heavy atom. The van der Waals surface area contributed by atoms with E-state index >= 15 is 0 Å². The molecule has 1 aromatic heterocycles. The number of rotatable bonds is 4. The Labute approximate surface area is 123 Å². The van der Waals surface area contributed by atoms with Crippen molar-refractivity contribution < 1.29 is 4.74 Å². The van der Waals surface area contributed by atoms with Gasteiger partial charge < -0.3 is 15.8 Å². The third kappa shape index (κ3) is 2.57. The van der Waals surface area contributed by atoms with Crippen molar-refractivity contribution in [2.24, 2.45) is 7.05 Å². The first-order valence-electron chi connectivity index (χ1n) is 7.31. The lowest BCUT2D eigenvalue weighted by Crippen LogP contribution is -2.47. The molecular formula is C14H24N4O3. The van der Waals surface area contributed by atoms with Gasteiger partial charge >= 0.3 is 5.69 Å². The predicted octanol–water partition coefficient (Wildman–Crippen LogP) is 0.519. The van der Waals surface area contributed by atoms with Crippen molar-refractivity contribution in [3.8, 4) is 0 Å². The molecule has 3 N–H and O–H groups in total. The molecule has 7 nitrogen and oxygen atoms in total. The first-order valence-corrected chi connectivity index (χ1v) is 7.31. The molecule has 2 unspecified atom stereocenters. The molecular weight excluding hydrogens is 272 g/mol. The largest absolute Gasteiger partial charge is 0.383 e. The van der Waals surface area contributed by atoms with E-state index in [1.165, 1.54) is 11.6 Å². The van der Waals surface area contributed by atoms with Crippen molar-refractivity contribution in [1.82, 2.24) is 9.13 Å². The van der Waals surface area contributed by atoms with Crippen molar-refractivity contribution in [1.29, 1.82) is 0 Å². The Balaban J connectivity index is 2.54. The van der Waals surface area contributed by atoms with Gasteiger partial charge in [-0.25, -0.2) is 4.79 Å². The summed E-state index contributed by atoms with van der Waals surface area (Å²) in [5.74, 6) is 0.199. The molecule has 1 saturated heterocycles. The third-order valence-corrected chi connectivity index (χ3v) is 4.33. The Morgan fingerprint density at radius 2 is 2.14 bits per heavy atom. The van der Waals surface area contributed by atoms with Crippen molar-refractivity contribution in [3.05, 3.63) is 20.8 Å². The Morgan fingerprint density at radius 1 is 1.48 bits per heavy atom. The number of anilines is 2. The van der Waals surface area contributed by atoms with E-state index in [4.69, 9.17) is 10.5 Å². The van der Waals surface area contributed by atoms with Crippen LogP contribution in [0, 0.1) is 0 Å². The summed E-state index contributed by atoms with van der Waals surface area (Å²) in [5, 5.41) is 3.23. The van der Waals surface area contributed by atoms with Gasteiger partial charge in [-0.05, 0) is 26.7 Å². The SMILES string of the molecule is CCCn1c(N)c(NC2(C)CCOC2C)c(=O)n(C)c1=O. The molecule has 0 bridgehead atoms. The van der Waals surface area contributed by atoms with E-state index in [2.05, 4.69) is 5.32 Å². The Bertz CT molecular complexity index is 649. The summed E-state index contributed by atoms with van der Waals surface area (Å²) in [7, 11) is 1.47. The number of nitrogens with zero attached hydrogens (tertiary/aromatic N) is 2. The van der Waals surface area contributed by atoms with Gasteiger partial charge in [0.2, 0.25) is 0 Å². The lowest BCUT2D eigenvalue weighted by atomic mass is 9.94. The number of hydrogen-bond acceptors (Lipinski definition) is 5. The second-order valence-electron chi connectivity index (χ2n) is 5.86. The number of nitrogen functional groups attached to an aromatic ring is 1. The fourth-order valence-electron chi connectivity index (χ4n) is 2.63. The van der Waals surface area contributed by atoms with Crippen LogP contribution in [0.3, 0.4) is 0 Å². The van der Waals surface area contributed by atoms with Gasteiger partial charge in [0.05, 0.1) is 11.6 Å². The highest BCUT2D eigenvalue weighted by molar-refractivity contribution is 5.62. The number of ether oxygens (including phenoxy) is 1. The van der Waals surface area contributed by atoms with Crippen LogP contribution < -0.4 is 22.3 Å². The number of hydrogen-bond donors (Lipinski definition) is 2. The van der Waals surface area contributed by atoms with E-state index in [-0.39, 0.29) is 28.8 Å². The summed E-state index contributed by atoms with van der Waals surface area (Å²) in [6, 6.07) is 0. The highest BCUT2D eigenvalue weighted by Gasteiger charge is 2.38. The lowest BCUT2D eigenvalue weighted by Gasteiger charge is -2.30. The molecule has 7 heteroatoms. The minimum Gasteiger partial charge on any atom is -0.383 e. The molecule has 2 heterocycles. The molecule has 0 aliphatic carbocycles. The van der Waals surface area contributed by atoms with Gasteiger partial charge in [-0.3, -0.25) is 13.9 Å². The van der Waals surface area contributed by atoms with Gasteiger partial charge in [0.1, 0.15) is 11.5 Å². The molecule has 0 amide bonds. The summed E-state index contributed by atoms with van der Waals surface area (Å²) in [6.45, 7) is 7.04. The molecule has 1 aromatic rings. The van der Waals surface area contributed by atoms with Crippen LogP contribution in [-0.2, 0) is 18.3 Å². The lowest BCUT2D eigenvalue weighted by molar-refractivity contribution is 0.105. The summed E-state index contributed by atoms with van der Waals surface area (Å²) >= 11 is 0. The van der Waals surface area contributed by atoms with E-state index in [9.17, 15) is 9.59 Å². The molecule has 0 saturated carbocycles. The maximum Gasteiger partial charge on any atom is 0.332 e. The second-order valence-corrected chi connectivity index (χ2v) is 5.86. The Kier molecular flexibility index (Phi) is 4.13. The van der Waals surface area contributed by atoms with Crippen LogP contribution in [0.25, 0.3) is 0 Å². The minimum atomic E-state index is -0.398. The van der Waals surface area contributed by atoms with Crippen LogP contribution in [0.5, 0.6) is 0 Å². The van der Waals surface area contributed by atoms with Crippen LogP contribution in [0.2, 0.25) is 0 Å². The van der Waals surface area contributed by atoms with Gasteiger partial charge in [-0.2, -0.15) is 0 Å². The molecule has 2 rings (SSSR count). The molecule has 2 atom stereocenters. The molecule has 0 spiro atoms. The molecule has 1 aliphatic heterocycles. The highest BCUT2D eigenvalue weighted by atomic mass is 16.5. The molecule has 118 valence electrons. The maximum absolute atomic E-state index is 12.4. The first kappa shape index (κ1) is 15.6. The van der Waals surface area contributed by atoms with Crippen molar-refractivity contribution in [2.45, 2.75) is 51.8 Å². The zero-order valence-corrected chi connectivity index (χ0v) is 13.1. The average Bonchev–Trinajstić information content (AvgIpc) is 2.78. The third-order valence-electron chi connectivity index (χ3n) is 4.33. The zero-order chi connectivity index (χ0) is 15.8. The number of nitrogens with one attached hydrogen (secondary N) is 1. The van der Waals surface area contributed by atoms with Crippen LogP contribution in [-0.4, -0.2) is 27.4 Å². The van der Waals surface area contributed by atoms with E-state index in [1.54, 1.807) is 0 Å². The molecule has 21 heavy (non-hydrogen) atoms. The standard InChI is InChI=1S/C14H24N4O3/c1-5-7-18-11(15)10(12(19)17(4)13(18)20)16-14(3)6-8-21-9(14)2/h9,16H,5-8,15H2,1-4H3. The molecule has 0 aromatic carbocycles. The summed E-state index contributed by atoms with van der Waals surface area (Å²) in [5.41, 5.74) is 5.20. The monoisotopic (exact) mass is 296 g/mol. The second kappa shape index (κ2) is 5.55. The maximum atomic E-state index is 12.4. The first-order chi connectivity index (χ1) is 9.81. The summed E-state index contributed by atoms with van der Waals surface area (Å²) in [6.07, 6.45) is 1.51. The summed E-state index contributed by atoms with van der Waals surface area (Å²) in [4.78, 5) is 24.5. The molecule has 1 aliphatic rings. The quantitative estimate of drug-likeness (QED) is 0.845. The molecule has 0 radical (unpaired) electrons. The zero-order valence-electron chi connectivity index (χ0n) is 13.1. The average molecular weight is 296 g/mol. The van der Waals surface area contributed by atoms with Gasteiger partial charge in [0.25, 0.3) is 5.56 Å². The van der Waals surface area contributed by atoms with E-state index in [1.807, 2.05) is 20.8 Å². The van der Waals surface area contributed by atoms with Gasteiger partial charge in [0.15, 0.2) is 0 Å². The normalized spacial score (nSPS) is 25.2. The van der Waals surface area contributed by atoms with E-state index in [0.29, 0.717) is 13.2 Å². The van der Waals surface area contributed by atoms with Crippen molar-refractivity contribution >= 4 is 11.5 Å². The fourth-order valence-corrected chi connectivity index (χ4v) is 2.63. The van der Waals surface area contributed by atoms with Crippen LogP contribution >= 0.6 is 0 Å². The van der Waals surface area contributed by atoms with Crippen LogP contribution in [0.15, 0.2) is 9.59 Å². The van der Waals surface area contributed by atoms with Crippen molar-refractivity contribution in [2.75, 3.05) is 17.7 Å². The van der Waals surface area contributed by atoms with Crippen LogP contribution in [0.1, 0.15) is 33.6 Å². The van der Waals surface area contributed by atoms with Gasteiger partial charge in [0, 0.05) is 20.2 Å². The van der Waals surface area contributed by atoms with E-state index < -0.39 is 5.56 Å². The van der Waals surface area contributed by atoms with E-state index in [0.717, 1.165) is 17.4 Å². The number of aromatic nitrogens is 2. The Hall–Kier alpha value is -1.76. The summed E-state index contributed by atoms with van der Waals surface area (Å²) < 4.78 is 8.10. The molecule has 1 fully saturated rings. The number of nitrogens with two attached hydrogens (primary N) is 1. The predicted molar refractivity (Wildman–Crippen MR) is 82.7 cm³/mol. The van der Waals surface area contributed by atoms with Gasteiger partial charge in [-0.1, -0.05) is 6.92 Å². The van der Waals surface area contributed by atoms with Crippen molar-refractivity contribution in [3.63, 3.8) is 0 Å².